The zero-order chi connectivity index (χ0) is 15.3. The minimum absolute atomic E-state index is 0.0177. The second-order valence-electron chi connectivity index (χ2n) is 4.00. The number of hydrogen-bond acceptors (Lipinski definition) is 1. The maximum Gasteiger partial charge on any atom is 0.406 e. The van der Waals surface area contributed by atoms with Crippen LogP contribution in [0.1, 0.15) is 5.56 Å². The average molecular weight is 377 g/mol. The van der Waals surface area contributed by atoms with Crippen LogP contribution in [0.4, 0.5) is 17.6 Å². The van der Waals surface area contributed by atoms with E-state index in [9.17, 15) is 22.4 Å². The molecule has 2 nitrogen and oxygen atoms in total. The molecule has 0 aromatic heterocycles. The second-order valence-corrected chi connectivity index (χ2v) is 5.20. The van der Waals surface area contributed by atoms with Gasteiger partial charge < -0.3 is 4.90 Å². The lowest BCUT2D eigenvalue weighted by molar-refractivity contribution is -0.160. The van der Waals surface area contributed by atoms with Crippen molar-refractivity contribution in [2.24, 2.45) is 0 Å². The first-order valence-electron chi connectivity index (χ1n) is 5.58. The number of halogens is 6. The summed E-state index contributed by atoms with van der Waals surface area (Å²) < 4.78 is 50.6. The molecule has 0 unspecified atom stereocenters. The molecule has 0 saturated heterocycles. The second kappa shape index (κ2) is 7.26. The maximum atomic E-state index is 13.5. The summed E-state index contributed by atoms with van der Waals surface area (Å²) in [4.78, 5) is 12.5. The zero-order valence-electron chi connectivity index (χ0n) is 10.2. The topological polar surface area (TPSA) is 20.3 Å². The lowest BCUT2D eigenvalue weighted by atomic mass is 10.1. The van der Waals surface area contributed by atoms with E-state index in [1.54, 1.807) is 0 Å². The molecular formula is C12H11BrClF4NO. The van der Waals surface area contributed by atoms with E-state index in [2.05, 4.69) is 15.9 Å². The highest BCUT2D eigenvalue weighted by atomic mass is 79.9. The van der Waals surface area contributed by atoms with Crippen LogP contribution in [0.3, 0.4) is 0 Å². The Hall–Kier alpha value is -0.820. The molecule has 0 aliphatic rings. The van der Waals surface area contributed by atoms with Crippen LogP contribution in [0.25, 0.3) is 0 Å². The molecule has 0 radical (unpaired) electrons. The fourth-order valence-corrected chi connectivity index (χ4v) is 2.23. The van der Waals surface area contributed by atoms with Crippen molar-refractivity contribution in [2.75, 3.05) is 18.4 Å². The highest BCUT2D eigenvalue weighted by molar-refractivity contribution is 9.09. The van der Waals surface area contributed by atoms with E-state index in [1.807, 2.05) is 0 Å². The first kappa shape index (κ1) is 17.2. The molecule has 0 aliphatic heterocycles. The molecule has 0 N–H and O–H groups in total. The standard InChI is InChI=1S/C12H11BrClF4NO/c13-4-5-19(7-12(16,17)18)11(20)6-8-9(14)2-1-3-10(8)15/h1-3H,4-7H2. The third-order valence-electron chi connectivity index (χ3n) is 2.47. The molecule has 1 aromatic rings. The van der Waals surface area contributed by atoms with Gasteiger partial charge >= 0.3 is 6.18 Å². The summed E-state index contributed by atoms with van der Waals surface area (Å²) in [6.45, 7) is -1.49. The summed E-state index contributed by atoms with van der Waals surface area (Å²) in [5.41, 5.74) is -0.0964. The summed E-state index contributed by atoms with van der Waals surface area (Å²) in [5.74, 6) is -1.54. The molecule has 20 heavy (non-hydrogen) atoms. The van der Waals surface area contributed by atoms with E-state index >= 15 is 0 Å². The van der Waals surface area contributed by atoms with Crippen LogP contribution in [0.5, 0.6) is 0 Å². The molecule has 0 bridgehead atoms. The minimum Gasteiger partial charge on any atom is -0.332 e. The molecule has 1 aromatic carbocycles. The van der Waals surface area contributed by atoms with Gasteiger partial charge in [-0.2, -0.15) is 13.2 Å². The summed E-state index contributed by atoms with van der Waals surface area (Å²) in [5, 5.41) is 0.212. The Morgan fingerprint density at radius 1 is 1.35 bits per heavy atom. The molecule has 1 amide bonds. The maximum absolute atomic E-state index is 13.5. The van der Waals surface area contributed by atoms with Gasteiger partial charge in [0.05, 0.1) is 6.42 Å². The average Bonchev–Trinajstić information content (AvgIpc) is 2.31. The van der Waals surface area contributed by atoms with Gasteiger partial charge in [-0.3, -0.25) is 4.79 Å². The Kier molecular flexibility index (Phi) is 6.26. The van der Waals surface area contributed by atoms with Crippen LogP contribution in [-0.2, 0) is 11.2 Å². The van der Waals surface area contributed by atoms with E-state index in [-0.39, 0.29) is 22.5 Å². The van der Waals surface area contributed by atoms with Crippen LogP contribution in [0, 0.1) is 5.82 Å². The Morgan fingerprint density at radius 2 is 2.00 bits per heavy atom. The summed E-state index contributed by atoms with van der Waals surface area (Å²) in [7, 11) is 0. The van der Waals surface area contributed by atoms with Gasteiger partial charge in [-0.05, 0) is 12.1 Å². The summed E-state index contributed by atoms with van der Waals surface area (Å²) in [6, 6.07) is 3.84. The van der Waals surface area contributed by atoms with Crippen LogP contribution < -0.4 is 0 Å². The lowest BCUT2D eigenvalue weighted by Crippen LogP contribution is -2.41. The van der Waals surface area contributed by atoms with Gasteiger partial charge in [-0.25, -0.2) is 4.39 Å². The van der Waals surface area contributed by atoms with E-state index in [1.165, 1.54) is 12.1 Å². The highest BCUT2D eigenvalue weighted by Gasteiger charge is 2.33. The van der Waals surface area contributed by atoms with Gasteiger partial charge in [0.25, 0.3) is 0 Å². The third kappa shape index (κ3) is 5.28. The number of hydrogen-bond donors (Lipinski definition) is 0. The van der Waals surface area contributed by atoms with Crippen molar-refractivity contribution in [3.05, 3.63) is 34.6 Å². The number of amides is 1. The zero-order valence-corrected chi connectivity index (χ0v) is 12.5. The molecule has 0 atom stereocenters. The smallest absolute Gasteiger partial charge is 0.332 e. The Morgan fingerprint density at radius 3 is 2.50 bits per heavy atom. The fourth-order valence-electron chi connectivity index (χ4n) is 1.57. The van der Waals surface area contributed by atoms with Crippen LogP contribution in [0.15, 0.2) is 18.2 Å². The predicted octanol–water partition coefficient (Wildman–Crippen LogP) is 3.81. The molecule has 0 spiro atoms. The highest BCUT2D eigenvalue weighted by Crippen LogP contribution is 2.22. The van der Waals surface area contributed by atoms with Crippen molar-refractivity contribution in [1.29, 1.82) is 0 Å². The van der Waals surface area contributed by atoms with Crippen molar-refractivity contribution in [3.63, 3.8) is 0 Å². The first-order chi connectivity index (χ1) is 9.24. The SMILES string of the molecule is O=C(Cc1c(F)cccc1Cl)N(CCBr)CC(F)(F)F. The van der Waals surface area contributed by atoms with E-state index in [0.717, 1.165) is 6.07 Å². The first-order valence-corrected chi connectivity index (χ1v) is 7.08. The van der Waals surface area contributed by atoms with E-state index < -0.39 is 30.9 Å². The van der Waals surface area contributed by atoms with Crippen molar-refractivity contribution >= 4 is 33.4 Å². The number of carbonyl (C=O) groups is 1. The van der Waals surface area contributed by atoms with Gasteiger partial charge in [-0.1, -0.05) is 33.6 Å². The number of rotatable bonds is 5. The Labute approximate surface area is 126 Å². The van der Waals surface area contributed by atoms with Crippen LogP contribution in [-0.4, -0.2) is 35.4 Å². The van der Waals surface area contributed by atoms with Gasteiger partial charge in [0.15, 0.2) is 0 Å². The predicted molar refractivity (Wildman–Crippen MR) is 71.5 cm³/mol. The Bertz CT molecular complexity index is 461. The summed E-state index contributed by atoms with van der Waals surface area (Å²) >= 11 is 8.73. The molecular weight excluding hydrogens is 365 g/mol. The van der Waals surface area contributed by atoms with Gasteiger partial charge in [-0.15, -0.1) is 0 Å². The van der Waals surface area contributed by atoms with Crippen LogP contribution >= 0.6 is 27.5 Å². The fraction of sp³-hybridized carbons (Fsp3) is 0.417. The molecule has 112 valence electrons. The molecule has 8 heteroatoms. The number of nitrogens with zero attached hydrogens (tertiary/aromatic N) is 1. The van der Waals surface area contributed by atoms with Gasteiger partial charge in [0, 0.05) is 22.5 Å². The largest absolute Gasteiger partial charge is 0.406 e. The third-order valence-corrected chi connectivity index (χ3v) is 3.18. The number of alkyl halides is 4. The monoisotopic (exact) mass is 375 g/mol. The number of benzene rings is 1. The van der Waals surface area contributed by atoms with Gasteiger partial charge in [0.1, 0.15) is 12.4 Å². The van der Waals surface area contributed by atoms with E-state index in [4.69, 9.17) is 11.6 Å². The van der Waals surface area contributed by atoms with Crippen molar-refractivity contribution < 1.29 is 22.4 Å². The Balaban J connectivity index is 2.86. The summed E-state index contributed by atoms with van der Waals surface area (Å²) in [6.07, 6.45) is -5.01. The molecule has 1 rings (SSSR count). The van der Waals surface area contributed by atoms with Crippen molar-refractivity contribution in [2.45, 2.75) is 12.6 Å². The van der Waals surface area contributed by atoms with E-state index in [0.29, 0.717) is 4.90 Å². The molecule has 0 fully saturated rings. The normalized spacial score (nSPS) is 11.5. The minimum atomic E-state index is -4.50. The lowest BCUT2D eigenvalue weighted by Gasteiger charge is -2.23. The molecule has 0 heterocycles. The number of carbonyl (C=O) groups excluding carboxylic acids is 1. The van der Waals surface area contributed by atoms with Crippen LogP contribution in [0.2, 0.25) is 5.02 Å². The molecule has 0 aliphatic carbocycles. The van der Waals surface area contributed by atoms with Crippen molar-refractivity contribution in [1.82, 2.24) is 4.90 Å². The molecule has 0 saturated carbocycles. The van der Waals surface area contributed by atoms with Gasteiger partial charge in [0.2, 0.25) is 5.91 Å². The quantitative estimate of drug-likeness (QED) is 0.565. The van der Waals surface area contributed by atoms with Crippen molar-refractivity contribution in [3.8, 4) is 0 Å².